The van der Waals surface area contributed by atoms with Gasteiger partial charge in [0.05, 0.1) is 10.6 Å². The maximum absolute atomic E-state index is 14.1. The first-order chi connectivity index (χ1) is 19.5. The van der Waals surface area contributed by atoms with Crippen molar-refractivity contribution in [3.05, 3.63) is 93.5 Å². The number of benzene rings is 3. The molecule has 1 N–H and O–H groups in total. The first-order valence-corrected chi connectivity index (χ1v) is 15.8. The minimum atomic E-state index is -4.17. The lowest BCUT2D eigenvalue weighted by atomic mass is 10.1. The topological polar surface area (TPSA) is 86.8 Å². The van der Waals surface area contributed by atoms with E-state index in [9.17, 15) is 18.0 Å². The zero-order valence-corrected chi connectivity index (χ0v) is 26.2. The lowest BCUT2D eigenvalue weighted by molar-refractivity contribution is -0.140. The van der Waals surface area contributed by atoms with Crippen molar-refractivity contribution in [3.8, 4) is 0 Å². The van der Waals surface area contributed by atoms with E-state index in [0.717, 1.165) is 33.8 Å². The summed E-state index contributed by atoms with van der Waals surface area (Å²) in [6, 6.07) is 17.5. The SMILES string of the molecule is CCCCNC(=O)[C@H](CC)N(Cc1ccc(Cl)cc1)C(=O)CN(c1ccc(C)c(Cl)c1)S(=O)(=O)c1ccc(C)cc1. The number of amides is 2. The summed E-state index contributed by atoms with van der Waals surface area (Å²) >= 11 is 12.5. The van der Waals surface area contributed by atoms with Crippen LogP contribution in [-0.4, -0.2) is 44.3 Å². The van der Waals surface area contributed by atoms with E-state index in [1.807, 2.05) is 27.7 Å². The Kier molecular flexibility index (Phi) is 11.6. The summed E-state index contributed by atoms with van der Waals surface area (Å²) in [7, 11) is -4.17. The number of hydrogen-bond acceptors (Lipinski definition) is 4. The van der Waals surface area contributed by atoms with Crippen LogP contribution >= 0.6 is 23.2 Å². The standard InChI is InChI=1S/C31H37Cl2N3O4S/c1-5-7-18-34-31(38)29(6-2)35(20-24-11-13-25(32)14-12-24)30(37)21-36(26-15-10-23(4)28(33)19-26)41(39,40)27-16-8-22(3)9-17-27/h8-17,19,29H,5-7,18,20-21H2,1-4H3,(H,34,38)/t29-/m0/s1. The van der Waals surface area contributed by atoms with Crippen molar-refractivity contribution in [1.82, 2.24) is 10.2 Å². The number of carbonyl (C=O) groups is 2. The first kappa shape index (κ1) is 32.4. The highest BCUT2D eigenvalue weighted by atomic mass is 35.5. The Morgan fingerprint density at radius 3 is 2.17 bits per heavy atom. The minimum Gasteiger partial charge on any atom is -0.354 e. The summed E-state index contributed by atoms with van der Waals surface area (Å²) in [5.74, 6) is -0.806. The number of rotatable bonds is 13. The van der Waals surface area contributed by atoms with E-state index in [-0.39, 0.29) is 23.0 Å². The van der Waals surface area contributed by atoms with Crippen LogP contribution in [0.15, 0.2) is 71.6 Å². The van der Waals surface area contributed by atoms with Gasteiger partial charge < -0.3 is 10.2 Å². The van der Waals surface area contributed by atoms with Crippen molar-refractivity contribution in [3.63, 3.8) is 0 Å². The lowest BCUT2D eigenvalue weighted by Crippen LogP contribution is -2.52. The molecule has 0 saturated carbocycles. The van der Waals surface area contributed by atoms with E-state index in [0.29, 0.717) is 23.0 Å². The molecule has 220 valence electrons. The second kappa shape index (κ2) is 14.7. The van der Waals surface area contributed by atoms with Gasteiger partial charge in [0.15, 0.2) is 0 Å². The van der Waals surface area contributed by atoms with Gasteiger partial charge in [0.25, 0.3) is 10.0 Å². The predicted molar refractivity (Wildman–Crippen MR) is 166 cm³/mol. The summed E-state index contributed by atoms with van der Waals surface area (Å²) in [5.41, 5.74) is 2.68. The Morgan fingerprint density at radius 1 is 0.927 bits per heavy atom. The number of aryl methyl sites for hydroxylation is 2. The molecule has 3 rings (SSSR count). The lowest BCUT2D eigenvalue weighted by Gasteiger charge is -2.33. The molecule has 0 saturated heterocycles. The molecule has 0 heterocycles. The largest absolute Gasteiger partial charge is 0.354 e. The number of anilines is 1. The predicted octanol–water partition coefficient (Wildman–Crippen LogP) is 6.53. The van der Waals surface area contributed by atoms with Crippen molar-refractivity contribution >= 4 is 50.7 Å². The summed E-state index contributed by atoms with van der Waals surface area (Å²) in [6.07, 6.45) is 2.07. The minimum absolute atomic E-state index is 0.0428. The molecule has 10 heteroatoms. The van der Waals surface area contributed by atoms with Crippen molar-refractivity contribution in [2.45, 2.75) is 64.4 Å². The third kappa shape index (κ3) is 8.47. The maximum Gasteiger partial charge on any atom is 0.264 e. The van der Waals surface area contributed by atoms with Gasteiger partial charge >= 0.3 is 0 Å². The summed E-state index contributed by atoms with van der Waals surface area (Å²) in [5, 5.41) is 3.84. The molecule has 0 aliphatic heterocycles. The van der Waals surface area contributed by atoms with Crippen LogP contribution in [-0.2, 0) is 26.2 Å². The van der Waals surface area contributed by atoms with Gasteiger partial charge in [-0.25, -0.2) is 8.42 Å². The van der Waals surface area contributed by atoms with Crippen molar-refractivity contribution in [2.75, 3.05) is 17.4 Å². The molecule has 0 aromatic heterocycles. The molecule has 0 fully saturated rings. The number of unbranched alkanes of at least 4 members (excludes halogenated alkanes) is 1. The van der Waals surface area contributed by atoms with Crippen LogP contribution in [0.3, 0.4) is 0 Å². The Hall–Kier alpha value is -3.07. The monoisotopic (exact) mass is 617 g/mol. The third-order valence-electron chi connectivity index (χ3n) is 6.81. The Labute approximate surface area is 253 Å². The van der Waals surface area contributed by atoms with E-state index in [1.54, 1.807) is 48.5 Å². The quantitative estimate of drug-likeness (QED) is 0.221. The molecular weight excluding hydrogens is 581 g/mol. The molecule has 0 unspecified atom stereocenters. The molecule has 3 aromatic rings. The van der Waals surface area contributed by atoms with Gasteiger partial charge in [0.2, 0.25) is 11.8 Å². The summed E-state index contributed by atoms with van der Waals surface area (Å²) in [6.45, 7) is 7.60. The summed E-state index contributed by atoms with van der Waals surface area (Å²) < 4.78 is 29.0. The van der Waals surface area contributed by atoms with Crippen LogP contribution in [0.4, 0.5) is 5.69 Å². The molecule has 0 radical (unpaired) electrons. The molecule has 2 amide bonds. The van der Waals surface area contributed by atoms with Crippen LogP contribution in [0, 0.1) is 13.8 Å². The highest BCUT2D eigenvalue weighted by Crippen LogP contribution is 2.29. The number of nitrogens with zero attached hydrogens (tertiary/aromatic N) is 2. The summed E-state index contributed by atoms with van der Waals surface area (Å²) in [4.78, 5) is 28.8. The van der Waals surface area contributed by atoms with Gasteiger partial charge in [0, 0.05) is 23.1 Å². The Bertz CT molecular complexity index is 1450. The first-order valence-electron chi connectivity index (χ1n) is 13.6. The highest BCUT2D eigenvalue weighted by Gasteiger charge is 2.33. The van der Waals surface area contributed by atoms with Crippen molar-refractivity contribution < 1.29 is 18.0 Å². The smallest absolute Gasteiger partial charge is 0.264 e. The molecule has 7 nitrogen and oxygen atoms in total. The zero-order valence-electron chi connectivity index (χ0n) is 23.9. The maximum atomic E-state index is 14.1. The van der Waals surface area contributed by atoms with Crippen molar-refractivity contribution in [1.29, 1.82) is 0 Å². The zero-order chi connectivity index (χ0) is 30.2. The van der Waals surface area contributed by atoms with Gasteiger partial charge in [-0.1, -0.05) is 79.4 Å². The average Bonchev–Trinajstić information content (AvgIpc) is 2.94. The number of carbonyl (C=O) groups excluding carboxylic acids is 2. The number of sulfonamides is 1. The van der Waals surface area contributed by atoms with Crippen molar-refractivity contribution in [2.24, 2.45) is 0 Å². The van der Waals surface area contributed by atoms with Crippen LogP contribution < -0.4 is 9.62 Å². The fourth-order valence-electron chi connectivity index (χ4n) is 4.32. The van der Waals surface area contributed by atoms with E-state index in [4.69, 9.17) is 23.2 Å². The molecule has 0 aliphatic rings. The molecule has 41 heavy (non-hydrogen) atoms. The van der Waals surface area contributed by atoms with Gasteiger partial charge in [-0.05, 0) is 74.2 Å². The molecular formula is C31H37Cl2N3O4S. The molecule has 3 aromatic carbocycles. The average molecular weight is 619 g/mol. The van der Waals surface area contributed by atoms with Crippen LogP contribution in [0.25, 0.3) is 0 Å². The fraction of sp³-hybridized carbons (Fsp3) is 0.355. The molecule has 0 aliphatic carbocycles. The van der Waals surface area contributed by atoms with Gasteiger partial charge in [0.1, 0.15) is 12.6 Å². The van der Waals surface area contributed by atoms with Crippen LogP contribution in [0.1, 0.15) is 49.8 Å². The van der Waals surface area contributed by atoms with Crippen LogP contribution in [0.2, 0.25) is 10.0 Å². The number of nitrogens with one attached hydrogen (secondary N) is 1. The van der Waals surface area contributed by atoms with Gasteiger partial charge in [-0.2, -0.15) is 0 Å². The van der Waals surface area contributed by atoms with E-state index in [2.05, 4.69) is 5.32 Å². The van der Waals surface area contributed by atoms with E-state index in [1.165, 1.54) is 23.1 Å². The second-order valence-electron chi connectivity index (χ2n) is 9.97. The van der Waals surface area contributed by atoms with Gasteiger partial charge in [-0.15, -0.1) is 0 Å². The number of hydrogen-bond donors (Lipinski definition) is 1. The fourth-order valence-corrected chi connectivity index (χ4v) is 6.02. The Morgan fingerprint density at radius 2 is 1.59 bits per heavy atom. The Balaban J connectivity index is 2.05. The number of halogens is 2. The van der Waals surface area contributed by atoms with Gasteiger partial charge in [-0.3, -0.25) is 13.9 Å². The molecule has 1 atom stereocenters. The third-order valence-corrected chi connectivity index (χ3v) is 9.26. The van der Waals surface area contributed by atoms with E-state index >= 15 is 0 Å². The second-order valence-corrected chi connectivity index (χ2v) is 12.7. The van der Waals surface area contributed by atoms with E-state index < -0.39 is 28.5 Å². The highest BCUT2D eigenvalue weighted by molar-refractivity contribution is 7.92. The normalized spacial score (nSPS) is 12.0. The molecule has 0 spiro atoms. The molecule has 0 bridgehead atoms. The van der Waals surface area contributed by atoms with Crippen LogP contribution in [0.5, 0.6) is 0 Å².